The van der Waals surface area contributed by atoms with E-state index in [0.29, 0.717) is 30.0 Å². The van der Waals surface area contributed by atoms with E-state index in [1.54, 1.807) is 29.2 Å². The number of hydrogen-bond acceptors (Lipinski definition) is 6. The van der Waals surface area contributed by atoms with Crippen LogP contribution in [0.5, 0.6) is 5.75 Å². The smallest absolute Gasteiger partial charge is 0.329 e. The number of nitrogens with zero attached hydrogens (tertiary/aromatic N) is 2. The minimum absolute atomic E-state index is 0.234. The standard InChI is InChI=1S/C16H27N3O4/c1-12(2)17-10-14(20)11-22-15-8-6-13(7-9-15)18-16(19(3)4)23-21-5/h6-9,12,14,17,20H,10-11H2,1-5H3. The average molecular weight is 325 g/mol. The lowest BCUT2D eigenvalue weighted by atomic mass is 10.3. The summed E-state index contributed by atoms with van der Waals surface area (Å²) in [5.74, 6) is 0.673. The SMILES string of the molecule is COOC(=Nc1ccc(OCC(O)CNC(C)C)cc1)N(C)C. The number of hydrogen-bond donors (Lipinski definition) is 2. The Labute approximate surface area is 137 Å². The Morgan fingerprint density at radius 2 is 1.91 bits per heavy atom. The molecule has 1 aromatic rings. The number of amidine groups is 1. The Hall–Kier alpha value is -1.83. The molecule has 2 N–H and O–H groups in total. The van der Waals surface area contributed by atoms with Gasteiger partial charge in [-0.1, -0.05) is 13.8 Å². The molecule has 0 heterocycles. The molecule has 0 aliphatic carbocycles. The van der Waals surface area contributed by atoms with Crippen LogP contribution in [-0.4, -0.2) is 62.5 Å². The third kappa shape index (κ3) is 7.83. The van der Waals surface area contributed by atoms with E-state index >= 15 is 0 Å². The van der Waals surface area contributed by atoms with E-state index in [4.69, 9.17) is 9.62 Å². The highest BCUT2D eigenvalue weighted by molar-refractivity contribution is 5.76. The number of aliphatic hydroxyl groups excluding tert-OH is 1. The van der Waals surface area contributed by atoms with Crippen molar-refractivity contribution in [3.8, 4) is 5.75 Å². The van der Waals surface area contributed by atoms with Crippen molar-refractivity contribution in [3.63, 3.8) is 0 Å². The number of rotatable bonds is 8. The molecule has 7 nitrogen and oxygen atoms in total. The summed E-state index contributed by atoms with van der Waals surface area (Å²) in [6.07, 6.45) is -0.550. The maximum absolute atomic E-state index is 9.81. The van der Waals surface area contributed by atoms with E-state index in [0.717, 1.165) is 0 Å². The topological polar surface area (TPSA) is 75.5 Å². The van der Waals surface area contributed by atoms with Crippen molar-refractivity contribution in [2.45, 2.75) is 26.0 Å². The second-order valence-corrected chi connectivity index (χ2v) is 5.56. The van der Waals surface area contributed by atoms with Crippen LogP contribution < -0.4 is 10.1 Å². The lowest BCUT2D eigenvalue weighted by molar-refractivity contribution is -0.202. The van der Waals surface area contributed by atoms with Crippen molar-refractivity contribution >= 4 is 11.7 Å². The van der Waals surface area contributed by atoms with Gasteiger partial charge in [-0.05, 0) is 24.3 Å². The van der Waals surface area contributed by atoms with Crippen LogP contribution in [0.3, 0.4) is 0 Å². The molecule has 0 aliphatic heterocycles. The molecule has 0 saturated carbocycles. The van der Waals surface area contributed by atoms with E-state index in [2.05, 4.69) is 15.2 Å². The monoisotopic (exact) mass is 325 g/mol. The van der Waals surface area contributed by atoms with Gasteiger partial charge in [0.15, 0.2) is 0 Å². The van der Waals surface area contributed by atoms with Crippen molar-refractivity contribution in [2.24, 2.45) is 4.99 Å². The number of ether oxygens (including phenoxy) is 1. The number of benzene rings is 1. The zero-order chi connectivity index (χ0) is 17.2. The summed E-state index contributed by atoms with van der Waals surface area (Å²) in [5.41, 5.74) is 0.708. The summed E-state index contributed by atoms with van der Waals surface area (Å²) < 4.78 is 5.55. The van der Waals surface area contributed by atoms with Gasteiger partial charge in [-0.25, -0.2) is 0 Å². The Morgan fingerprint density at radius 3 is 2.43 bits per heavy atom. The van der Waals surface area contributed by atoms with Gasteiger partial charge in [0.2, 0.25) is 0 Å². The van der Waals surface area contributed by atoms with Gasteiger partial charge in [-0.15, -0.1) is 0 Å². The zero-order valence-corrected chi connectivity index (χ0v) is 14.4. The molecule has 0 radical (unpaired) electrons. The van der Waals surface area contributed by atoms with Gasteiger partial charge in [-0.2, -0.15) is 9.88 Å². The van der Waals surface area contributed by atoms with Crippen molar-refractivity contribution < 1.29 is 19.6 Å². The highest BCUT2D eigenvalue weighted by Gasteiger charge is 2.07. The second-order valence-electron chi connectivity index (χ2n) is 5.56. The minimum Gasteiger partial charge on any atom is -0.491 e. The van der Waals surface area contributed by atoms with Crippen LogP contribution in [0, 0.1) is 0 Å². The van der Waals surface area contributed by atoms with Gasteiger partial charge in [0.1, 0.15) is 18.5 Å². The van der Waals surface area contributed by atoms with Crippen LogP contribution in [0.25, 0.3) is 0 Å². The molecule has 130 valence electrons. The summed E-state index contributed by atoms with van der Waals surface area (Å²) in [6, 6.07) is 7.87. The first-order valence-corrected chi connectivity index (χ1v) is 7.53. The van der Waals surface area contributed by atoms with E-state index < -0.39 is 6.10 Å². The Bertz CT molecular complexity index is 475. The second kappa shape index (κ2) is 10.0. The number of aliphatic hydroxyl groups is 1. The molecular formula is C16H27N3O4. The molecular weight excluding hydrogens is 298 g/mol. The van der Waals surface area contributed by atoms with E-state index in [9.17, 15) is 5.11 Å². The normalized spacial score (nSPS) is 13.1. The molecule has 0 fully saturated rings. The van der Waals surface area contributed by atoms with E-state index in [1.807, 2.05) is 27.9 Å². The van der Waals surface area contributed by atoms with E-state index in [-0.39, 0.29) is 6.61 Å². The van der Waals surface area contributed by atoms with Gasteiger partial charge >= 0.3 is 6.02 Å². The summed E-state index contributed by atoms with van der Waals surface area (Å²) in [7, 11) is 5.04. The van der Waals surface area contributed by atoms with Gasteiger partial charge in [-0.3, -0.25) is 4.89 Å². The first kappa shape index (κ1) is 19.2. The Balaban J connectivity index is 2.54. The summed E-state index contributed by atoms with van der Waals surface area (Å²) >= 11 is 0. The highest BCUT2D eigenvalue weighted by Crippen LogP contribution is 2.19. The van der Waals surface area contributed by atoms with Gasteiger partial charge in [0.05, 0.1) is 12.8 Å². The lowest BCUT2D eigenvalue weighted by Gasteiger charge is -2.15. The van der Waals surface area contributed by atoms with Crippen LogP contribution in [0.4, 0.5) is 5.69 Å². The van der Waals surface area contributed by atoms with Crippen molar-refractivity contribution in [2.75, 3.05) is 34.4 Å². The number of aliphatic imine (C=N–C) groups is 1. The lowest BCUT2D eigenvalue weighted by Crippen LogP contribution is -2.35. The molecule has 7 heteroatoms. The molecule has 0 amide bonds. The number of nitrogens with one attached hydrogen (secondary N) is 1. The predicted molar refractivity (Wildman–Crippen MR) is 90.0 cm³/mol. The molecule has 0 bridgehead atoms. The van der Waals surface area contributed by atoms with Gasteiger partial charge in [0.25, 0.3) is 0 Å². The zero-order valence-electron chi connectivity index (χ0n) is 14.4. The molecule has 0 aromatic heterocycles. The fourth-order valence-electron chi connectivity index (χ4n) is 1.62. The maximum Gasteiger partial charge on any atom is 0.329 e. The first-order valence-electron chi connectivity index (χ1n) is 7.53. The van der Waals surface area contributed by atoms with Crippen LogP contribution in [0.1, 0.15) is 13.8 Å². The fraction of sp³-hybridized carbons (Fsp3) is 0.562. The fourth-order valence-corrected chi connectivity index (χ4v) is 1.62. The third-order valence-corrected chi connectivity index (χ3v) is 2.81. The van der Waals surface area contributed by atoms with Crippen molar-refractivity contribution in [1.29, 1.82) is 0 Å². The largest absolute Gasteiger partial charge is 0.491 e. The predicted octanol–water partition coefficient (Wildman–Crippen LogP) is 1.55. The van der Waals surface area contributed by atoms with Crippen LogP contribution in [0.15, 0.2) is 29.3 Å². The third-order valence-electron chi connectivity index (χ3n) is 2.81. The summed E-state index contributed by atoms with van der Waals surface area (Å²) in [6.45, 7) is 4.79. The van der Waals surface area contributed by atoms with E-state index in [1.165, 1.54) is 7.11 Å². The van der Waals surface area contributed by atoms with Crippen LogP contribution >= 0.6 is 0 Å². The molecule has 1 unspecified atom stereocenters. The highest BCUT2D eigenvalue weighted by atomic mass is 17.2. The first-order chi connectivity index (χ1) is 10.9. The Morgan fingerprint density at radius 1 is 1.26 bits per heavy atom. The molecule has 0 aliphatic rings. The summed E-state index contributed by atoms with van der Waals surface area (Å²) in [5, 5.41) is 13.0. The molecule has 1 aromatic carbocycles. The molecule has 1 rings (SSSR count). The van der Waals surface area contributed by atoms with Crippen LogP contribution in [0.2, 0.25) is 0 Å². The van der Waals surface area contributed by atoms with Gasteiger partial charge < -0.3 is 20.1 Å². The molecule has 0 spiro atoms. The van der Waals surface area contributed by atoms with Gasteiger partial charge in [0, 0.05) is 26.7 Å². The quantitative estimate of drug-likeness (QED) is 0.327. The molecule has 23 heavy (non-hydrogen) atoms. The molecule has 0 saturated heterocycles. The minimum atomic E-state index is -0.550. The Kier molecular flexibility index (Phi) is 8.39. The van der Waals surface area contributed by atoms with Crippen molar-refractivity contribution in [3.05, 3.63) is 24.3 Å². The van der Waals surface area contributed by atoms with Crippen molar-refractivity contribution in [1.82, 2.24) is 10.2 Å². The summed E-state index contributed by atoms with van der Waals surface area (Å²) in [4.78, 5) is 15.6. The maximum atomic E-state index is 9.81. The average Bonchev–Trinajstić information content (AvgIpc) is 2.51. The molecule has 1 atom stereocenters. The van der Waals surface area contributed by atoms with Crippen LogP contribution in [-0.2, 0) is 9.78 Å².